The lowest BCUT2D eigenvalue weighted by Crippen LogP contribution is -2.53. The van der Waals surface area contributed by atoms with Gasteiger partial charge in [0.1, 0.15) is 6.61 Å². The van der Waals surface area contributed by atoms with E-state index in [2.05, 4.69) is 39.8 Å². The molecule has 3 nitrogen and oxygen atoms in total. The van der Waals surface area contributed by atoms with Gasteiger partial charge in [0.2, 0.25) is 0 Å². The van der Waals surface area contributed by atoms with E-state index in [0.717, 1.165) is 19.3 Å². The highest BCUT2D eigenvalue weighted by atomic mass is 16.5. The highest BCUT2D eigenvalue weighted by Gasteiger charge is 2.57. The zero-order valence-electron chi connectivity index (χ0n) is 16.3. The van der Waals surface area contributed by atoms with Crippen LogP contribution in [0.15, 0.2) is 23.3 Å². The Morgan fingerprint density at radius 2 is 2.12 bits per heavy atom. The second-order valence-electron chi connectivity index (χ2n) is 9.09. The molecule has 0 aromatic rings. The Kier molecular flexibility index (Phi) is 5.16. The number of allylic oxidation sites excluding steroid dienone is 4. The van der Waals surface area contributed by atoms with Gasteiger partial charge in [-0.25, -0.2) is 0 Å². The largest absolute Gasteiger partial charge is 0.463 e. The van der Waals surface area contributed by atoms with Gasteiger partial charge in [0.25, 0.3) is 0 Å². The Hall–Kier alpha value is -1.09. The van der Waals surface area contributed by atoms with Crippen molar-refractivity contribution in [2.75, 3.05) is 13.2 Å². The Morgan fingerprint density at radius 3 is 2.80 bits per heavy atom. The van der Waals surface area contributed by atoms with Gasteiger partial charge >= 0.3 is 5.97 Å². The molecule has 0 bridgehead atoms. The average molecular weight is 347 g/mol. The minimum absolute atomic E-state index is 0.0980. The first kappa shape index (κ1) is 18.7. The smallest absolute Gasteiger partial charge is 0.312 e. The van der Waals surface area contributed by atoms with Gasteiger partial charge in [0, 0.05) is 0 Å². The number of carbonyl (C=O) groups excluding carboxylic acids is 1. The first-order valence-corrected chi connectivity index (χ1v) is 10.0. The molecule has 0 radical (unpaired) electrons. The van der Waals surface area contributed by atoms with Crippen molar-refractivity contribution < 1.29 is 14.6 Å². The second-order valence-corrected chi connectivity index (χ2v) is 9.09. The molecule has 1 saturated carbocycles. The van der Waals surface area contributed by atoms with Crippen LogP contribution >= 0.6 is 0 Å². The first-order chi connectivity index (χ1) is 11.8. The van der Waals surface area contributed by atoms with Crippen LogP contribution in [0.3, 0.4) is 0 Å². The third kappa shape index (κ3) is 3.09. The Labute approximate surface area is 152 Å². The summed E-state index contributed by atoms with van der Waals surface area (Å²) in [7, 11) is 0. The molecule has 1 fully saturated rings. The van der Waals surface area contributed by atoms with Crippen LogP contribution in [0.1, 0.15) is 66.2 Å². The van der Waals surface area contributed by atoms with Crippen molar-refractivity contribution in [3.05, 3.63) is 23.3 Å². The van der Waals surface area contributed by atoms with Gasteiger partial charge in [-0.05, 0) is 67.8 Å². The SMILES string of the molecule is CC(C)C1=CC2=CCC3C(C)(C(=O)OCCO)CCCC3(C)C2CC1. The summed E-state index contributed by atoms with van der Waals surface area (Å²) >= 11 is 0. The van der Waals surface area contributed by atoms with Gasteiger partial charge in [0.15, 0.2) is 0 Å². The van der Waals surface area contributed by atoms with Gasteiger partial charge < -0.3 is 9.84 Å². The second kappa shape index (κ2) is 6.90. The lowest BCUT2D eigenvalue weighted by atomic mass is 9.47. The molecule has 3 aliphatic rings. The van der Waals surface area contributed by atoms with Gasteiger partial charge in [-0.15, -0.1) is 0 Å². The van der Waals surface area contributed by atoms with E-state index in [1.807, 2.05) is 0 Å². The highest BCUT2D eigenvalue weighted by Crippen LogP contribution is 2.62. The fraction of sp³-hybridized carbons (Fsp3) is 0.773. The maximum Gasteiger partial charge on any atom is 0.312 e. The minimum atomic E-state index is -0.424. The number of esters is 1. The minimum Gasteiger partial charge on any atom is -0.463 e. The summed E-state index contributed by atoms with van der Waals surface area (Å²) in [5, 5.41) is 9.01. The summed E-state index contributed by atoms with van der Waals surface area (Å²) in [5.41, 5.74) is 2.84. The normalized spacial score (nSPS) is 37.7. The van der Waals surface area contributed by atoms with Crippen LogP contribution in [0.2, 0.25) is 0 Å². The molecule has 3 rings (SSSR count). The third-order valence-corrected chi connectivity index (χ3v) is 7.37. The Morgan fingerprint density at radius 1 is 1.36 bits per heavy atom. The Bertz CT molecular complexity index is 588. The number of rotatable bonds is 4. The summed E-state index contributed by atoms with van der Waals surface area (Å²) in [6.07, 6.45) is 11.4. The van der Waals surface area contributed by atoms with Crippen molar-refractivity contribution in [1.29, 1.82) is 0 Å². The van der Waals surface area contributed by atoms with E-state index in [0.29, 0.717) is 17.8 Å². The number of hydrogen-bond acceptors (Lipinski definition) is 3. The number of carbonyl (C=O) groups is 1. The van der Waals surface area contributed by atoms with E-state index in [1.54, 1.807) is 5.57 Å². The standard InChI is InChI=1S/C22H34O3/c1-15(2)16-6-8-18-17(14-16)7-9-19-21(18,3)10-5-11-22(19,4)20(24)25-13-12-23/h7,14-15,18-19,23H,5-6,8-13H2,1-4H3. The van der Waals surface area contributed by atoms with Crippen LogP contribution in [0.25, 0.3) is 0 Å². The van der Waals surface area contributed by atoms with Crippen LogP contribution in [-0.4, -0.2) is 24.3 Å². The molecular weight excluding hydrogens is 312 g/mol. The van der Waals surface area contributed by atoms with Crippen LogP contribution in [0.5, 0.6) is 0 Å². The van der Waals surface area contributed by atoms with Crippen molar-refractivity contribution in [2.24, 2.45) is 28.6 Å². The summed E-state index contributed by atoms with van der Waals surface area (Å²) < 4.78 is 5.39. The number of hydrogen-bond donors (Lipinski definition) is 1. The molecule has 0 aliphatic heterocycles. The van der Waals surface area contributed by atoms with Crippen molar-refractivity contribution in [1.82, 2.24) is 0 Å². The molecule has 140 valence electrons. The van der Waals surface area contributed by atoms with E-state index in [9.17, 15) is 4.79 Å². The summed E-state index contributed by atoms with van der Waals surface area (Å²) in [6, 6.07) is 0. The van der Waals surface area contributed by atoms with Gasteiger partial charge in [-0.2, -0.15) is 0 Å². The summed E-state index contributed by atoms with van der Waals surface area (Å²) in [6.45, 7) is 9.11. The number of aliphatic hydroxyl groups excluding tert-OH is 1. The van der Waals surface area contributed by atoms with Crippen molar-refractivity contribution in [3.8, 4) is 0 Å². The number of ether oxygens (including phenoxy) is 1. The average Bonchev–Trinajstić information content (AvgIpc) is 2.58. The molecule has 0 aromatic heterocycles. The third-order valence-electron chi connectivity index (χ3n) is 7.37. The van der Waals surface area contributed by atoms with Crippen LogP contribution in [0.4, 0.5) is 0 Å². The summed E-state index contributed by atoms with van der Waals surface area (Å²) in [4.78, 5) is 12.8. The van der Waals surface area contributed by atoms with E-state index >= 15 is 0 Å². The van der Waals surface area contributed by atoms with Gasteiger partial charge in [0.05, 0.1) is 12.0 Å². The lowest BCUT2D eigenvalue weighted by molar-refractivity contribution is -0.170. The van der Waals surface area contributed by atoms with Crippen molar-refractivity contribution >= 4 is 5.97 Å². The molecule has 25 heavy (non-hydrogen) atoms. The van der Waals surface area contributed by atoms with Crippen LogP contribution in [-0.2, 0) is 9.53 Å². The molecule has 4 atom stereocenters. The molecule has 4 unspecified atom stereocenters. The van der Waals surface area contributed by atoms with Gasteiger partial charge in [-0.1, -0.05) is 44.9 Å². The van der Waals surface area contributed by atoms with Crippen molar-refractivity contribution in [3.63, 3.8) is 0 Å². The number of aliphatic hydroxyl groups is 1. The zero-order valence-corrected chi connectivity index (χ0v) is 16.3. The highest BCUT2D eigenvalue weighted by molar-refractivity contribution is 5.77. The van der Waals surface area contributed by atoms with Crippen molar-refractivity contribution in [2.45, 2.75) is 66.2 Å². The number of fused-ring (bicyclic) bond motifs is 3. The molecule has 1 N–H and O–H groups in total. The predicted molar refractivity (Wildman–Crippen MR) is 99.9 cm³/mol. The lowest BCUT2D eigenvalue weighted by Gasteiger charge is -2.57. The van der Waals surface area contributed by atoms with Crippen LogP contribution in [0, 0.1) is 28.6 Å². The molecule has 0 amide bonds. The molecule has 3 aliphatic carbocycles. The quantitative estimate of drug-likeness (QED) is 0.753. The van der Waals surface area contributed by atoms with E-state index < -0.39 is 5.41 Å². The molecule has 3 heteroatoms. The maximum absolute atomic E-state index is 12.8. The molecule has 0 spiro atoms. The zero-order chi connectivity index (χ0) is 18.2. The molecule has 0 aromatic carbocycles. The Balaban J connectivity index is 1.91. The van der Waals surface area contributed by atoms with E-state index in [-0.39, 0.29) is 24.6 Å². The molecular formula is C22H34O3. The first-order valence-electron chi connectivity index (χ1n) is 10.0. The fourth-order valence-corrected chi connectivity index (χ4v) is 5.89. The van der Waals surface area contributed by atoms with Gasteiger partial charge in [-0.3, -0.25) is 4.79 Å². The monoisotopic (exact) mass is 346 g/mol. The van der Waals surface area contributed by atoms with Crippen LogP contribution < -0.4 is 0 Å². The fourth-order valence-electron chi connectivity index (χ4n) is 5.89. The van der Waals surface area contributed by atoms with E-state index in [1.165, 1.54) is 24.8 Å². The molecule has 0 saturated heterocycles. The van der Waals surface area contributed by atoms with E-state index in [4.69, 9.17) is 9.84 Å². The topological polar surface area (TPSA) is 46.5 Å². The summed E-state index contributed by atoms with van der Waals surface area (Å²) in [5.74, 6) is 1.42. The predicted octanol–water partition coefficient (Wildman–Crippen LogP) is 4.66. The molecule has 0 heterocycles. The maximum atomic E-state index is 12.8.